The van der Waals surface area contributed by atoms with Gasteiger partial charge in [0.1, 0.15) is 0 Å². The van der Waals surface area contributed by atoms with Crippen LogP contribution in [0.5, 0.6) is 0 Å². The van der Waals surface area contributed by atoms with E-state index in [1.54, 1.807) is 29.0 Å². The molecule has 32 heavy (non-hydrogen) atoms. The van der Waals surface area contributed by atoms with Gasteiger partial charge in [-0.2, -0.15) is 0 Å². The van der Waals surface area contributed by atoms with Crippen LogP contribution in [0.4, 0.5) is 0 Å². The number of aromatic carboxylic acids is 1. The summed E-state index contributed by atoms with van der Waals surface area (Å²) >= 11 is 0. The number of carboxylic acid groups (broad SMARTS) is 1. The Morgan fingerprint density at radius 1 is 0.938 bits per heavy atom. The van der Waals surface area contributed by atoms with E-state index in [2.05, 4.69) is 6.92 Å². The Hall–Kier alpha value is -3.41. The van der Waals surface area contributed by atoms with Crippen molar-refractivity contribution in [3.8, 4) is 11.1 Å². The molecule has 0 bridgehead atoms. The Labute approximate surface area is 188 Å². The lowest BCUT2D eigenvalue weighted by atomic mass is 9.99. The van der Waals surface area contributed by atoms with E-state index in [9.17, 15) is 19.5 Å². The molecule has 0 unspecified atom stereocenters. The van der Waals surface area contributed by atoms with Gasteiger partial charge in [0.25, 0.3) is 0 Å². The zero-order chi connectivity index (χ0) is 23.1. The third kappa shape index (κ3) is 5.25. The molecule has 0 aliphatic heterocycles. The maximum atomic E-state index is 13.0. The number of aryl methyl sites for hydroxylation is 1. The minimum Gasteiger partial charge on any atom is -0.478 e. The molecule has 1 heterocycles. The van der Waals surface area contributed by atoms with Crippen LogP contribution in [0, 0.1) is 0 Å². The van der Waals surface area contributed by atoms with Gasteiger partial charge in [0, 0.05) is 18.3 Å². The molecule has 0 aliphatic rings. The molecule has 0 fully saturated rings. The Morgan fingerprint density at radius 2 is 1.66 bits per heavy atom. The predicted molar refractivity (Wildman–Crippen MR) is 125 cm³/mol. The summed E-state index contributed by atoms with van der Waals surface area (Å²) < 4.78 is 2.94. The maximum Gasteiger partial charge on any atom is 0.336 e. The number of unbranched alkanes of at least 4 members (excludes halogenated alkanes) is 2. The highest BCUT2D eigenvalue weighted by molar-refractivity contribution is 5.96. The number of rotatable bonds is 10. The standard InChI is InChI=1S/C26H30N2O4/c1-3-5-6-10-21-18-28(24(29)9-4-2)26(32)27(21)17-19-13-15-20(16-14-19)22-11-7-8-12-23(22)25(30)31/h7-8,11-16,18H,3-6,9-10,17H2,1-2H3,(H,30,31). The molecule has 0 saturated carbocycles. The first kappa shape index (κ1) is 23.3. The Bertz CT molecular complexity index is 1140. The van der Waals surface area contributed by atoms with Crippen LogP contribution in [0.15, 0.2) is 59.5 Å². The van der Waals surface area contributed by atoms with E-state index in [4.69, 9.17) is 0 Å². The molecule has 1 N–H and O–H groups in total. The molecular formula is C26H30N2O4. The minimum atomic E-state index is -0.967. The fraction of sp³-hybridized carbons (Fsp3) is 0.346. The molecule has 0 amide bonds. The highest BCUT2D eigenvalue weighted by Crippen LogP contribution is 2.24. The lowest BCUT2D eigenvalue weighted by molar-refractivity contribution is 0.0697. The maximum absolute atomic E-state index is 13.0. The number of aromatic nitrogens is 2. The van der Waals surface area contributed by atoms with Crippen molar-refractivity contribution in [3.05, 3.63) is 82.0 Å². The summed E-state index contributed by atoms with van der Waals surface area (Å²) in [5.41, 5.74) is 3.20. The van der Waals surface area contributed by atoms with E-state index in [-0.39, 0.29) is 17.2 Å². The third-order valence-electron chi connectivity index (χ3n) is 5.59. The average molecular weight is 435 g/mol. The first-order valence-electron chi connectivity index (χ1n) is 11.2. The van der Waals surface area contributed by atoms with Gasteiger partial charge in [0.2, 0.25) is 5.91 Å². The summed E-state index contributed by atoms with van der Waals surface area (Å²) in [5.74, 6) is -1.14. The Morgan fingerprint density at radius 3 is 2.31 bits per heavy atom. The summed E-state index contributed by atoms with van der Waals surface area (Å²) in [5, 5.41) is 9.44. The van der Waals surface area contributed by atoms with Gasteiger partial charge in [-0.3, -0.25) is 9.36 Å². The molecule has 0 saturated heterocycles. The topological polar surface area (TPSA) is 81.3 Å². The summed E-state index contributed by atoms with van der Waals surface area (Å²) in [6.07, 6.45) is 6.61. The van der Waals surface area contributed by atoms with Gasteiger partial charge >= 0.3 is 11.7 Å². The summed E-state index contributed by atoms with van der Waals surface area (Å²) in [4.78, 5) is 36.9. The van der Waals surface area contributed by atoms with Crippen LogP contribution >= 0.6 is 0 Å². The molecule has 0 atom stereocenters. The van der Waals surface area contributed by atoms with Gasteiger partial charge < -0.3 is 5.11 Å². The quantitative estimate of drug-likeness (QED) is 0.443. The van der Waals surface area contributed by atoms with Crippen LogP contribution in [0.1, 0.15) is 72.4 Å². The van der Waals surface area contributed by atoms with Crippen molar-refractivity contribution < 1.29 is 14.7 Å². The van der Waals surface area contributed by atoms with Gasteiger partial charge in [-0.1, -0.05) is 69.2 Å². The minimum absolute atomic E-state index is 0.173. The van der Waals surface area contributed by atoms with E-state index in [1.807, 2.05) is 37.3 Å². The van der Waals surface area contributed by atoms with Crippen molar-refractivity contribution in [2.24, 2.45) is 0 Å². The molecule has 6 nitrogen and oxygen atoms in total. The molecule has 2 aromatic carbocycles. The van der Waals surface area contributed by atoms with Crippen molar-refractivity contribution in [1.29, 1.82) is 0 Å². The van der Waals surface area contributed by atoms with Crippen molar-refractivity contribution in [2.75, 3.05) is 0 Å². The fourth-order valence-corrected chi connectivity index (χ4v) is 3.86. The van der Waals surface area contributed by atoms with Gasteiger partial charge in [0.15, 0.2) is 0 Å². The molecule has 1 aromatic heterocycles. The molecular weight excluding hydrogens is 404 g/mol. The van der Waals surface area contributed by atoms with Crippen molar-refractivity contribution in [2.45, 2.75) is 58.9 Å². The first-order valence-corrected chi connectivity index (χ1v) is 11.2. The molecule has 6 heteroatoms. The van der Waals surface area contributed by atoms with Crippen LogP contribution in [-0.2, 0) is 13.0 Å². The summed E-state index contributed by atoms with van der Waals surface area (Å²) in [6.45, 7) is 4.42. The van der Waals surface area contributed by atoms with Crippen LogP contribution in [0.2, 0.25) is 0 Å². The second-order valence-corrected chi connectivity index (χ2v) is 8.01. The molecule has 3 rings (SSSR count). The normalized spacial score (nSPS) is 10.9. The number of hydrogen-bond acceptors (Lipinski definition) is 3. The zero-order valence-electron chi connectivity index (χ0n) is 18.7. The third-order valence-corrected chi connectivity index (χ3v) is 5.59. The van der Waals surface area contributed by atoms with Crippen molar-refractivity contribution in [3.63, 3.8) is 0 Å². The lowest BCUT2D eigenvalue weighted by Gasteiger charge is -2.10. The van der Waals surface area contributed by atoms with E-state index in [0.29, 0.717) is 24.9 Å². The lowest BCUT2D eigenvalue weighted by Crippen LogP contribution is -2.29. The number of carboxylic acids is 1. The number of benzene rings is 2. The number of carbonyl (C=O) groups excluding carboxylic acids is 1. The van der Waals surface area contributed by atoms with Crippen LogP contribution < -0.4 is 5.69 Å². The van der Waals surface area contributed by atoms with Gasteiger partial charge in [0.05, 0.1) is 12.1 Å². The van der Waals surface area contributed by atoms with Crippen molar-refractivity contribution in [1.82, 2.24) is 9.13 Å². The van der Waals surface area contributed by atoms with E-state index < -0.39 is 5.97 Å². The number of imidazole rings is 1. The van der Waals surface area contributed by atoms with Gasteiger partial charge in [-0.15, -0.1) is 0 Å². The highest BCUT2D eigenvalue weighted by Gasteiger charge is 2.16. The van der Waals surface area contributed by atoms with E-state index >= 15 is 0 Å². The summed E-state index contributed by atoms with van der Waals surface area (Å²) in [6, 6.07) is 14.4. The van der Waals surface area contributed by atoms with Crippen molar-refractivity contribution >= 4 is 11.9 Å². The Balaban J connectivity index is 1.90. The second kappa shape index (κ2) is 10.8. The first-order chi connectivity index (χ1) is 15.5. The number of nitrogens with zero attached hydrogens (tertiary/aromatic N) is 2. The monoisotopic (exact) mass is 434 g/mol. The van der Waals surface area contributed by atoms with Crippen LogP contribution in [0.25, 0.3) is 11.1 Å². The second-order valence-electron chi connectivity index (χ2n) is 8.01. The zero-order valence-corrected chi connectivity index (χ0v) is 18.7. The van der Waals surface area contributed by atoms with Crippen LogP contribution in [0.3, 0.4) is 0 Å². The van der Waals surface area contributed by atoms with Crippen LogP contribution in [-0.4, -0.2) is 26.1 Å². The Kier molecular flexibility index (Phi) is 7.82. The molecule has 0 spiro atoms. The number of carbonyl (C=O) groups is 2. The van der Waals surface area contributed by atoms with Gasteiger partial charge in [-0.05, 0) is 42.0 Å². The summed E-state index contributed by atoms with van der Waals surface area (Å²) in [7, 11) is 0. The number of hydrogen-bond donors (Lipinski definition) is 1. The highest BCUT2D eigenvalue weighted by atomic mass is 16.4. The molecule has 168 valence electrons. The fourth-order valence-electron chi connectivity index (χ4n) is 3.86. The average Bonchev–Trinajstić information content (AvgIpc) is 3.10. The van der Waals surface area contributed by atoms with E-state index in [0.717, 1.165) is 42.5 Å². The van der Waals surface area contributed by atoms with E-state index in [1.165, 1.54) is 4.57 Å². The predicted octanol–water partition coefficient (Wildman–Crippen LogP) is 5.24. The largest absolute Gasteiger partial charge is 0.478 e. The molecule has 3 aromatic rings. The molecule has 0 aliphatic carbocycles. The SMILES string of the molecule is CCCCCc1cn(C(=O)CCC)c(=O)n1Cc1ccc(-c2ccccc2C(=O)O)cc1. The molecule has 0 radical (unpaired) electrons. The van der Waals surface area contributed by atoms with Gasteiger partial charge in [-0.25, -0.2) is 14.2 Å². The smallest absolute Gasteiger partial charge is 0.336 e.